The number of carbonyl (C=O) groups is 2. The van der Waals surface area contributed by atoms with E-state index in [1.54, 1.807) is 24.4 Å². The number of rotatable bonds is 6. The van der Waals surface area contributed by atoms with E-state index in [4.69, 9.17) is 10.00 Å². The van der Waals surface area contributed by atoms with Crippen molar-refractivity contribution in [2.24, 2.45) is 0 Å². The number of thiophene rings is 1. The Hall–Kier alpha value is -2.53. The highest BCUT2D eigenvalue weighted by atomic mass is 32.1. The zero-order valence-electron chi connectivity index (χ0n) is 10.9. The molecule has 7 nitrogen and oxygen atoms in total. The third-order valence-electron chi connectivity index (χ3n) is 2.08. The minimum absolute atomic E-state index is 0.183. The van der Waals surface area contributed by atoms with Crippen LogP contribution >= 0.6 is 11.3 Å². The molecule has 0 unspecified atom stereocenters. The first-order valence-electron chi connectivity index (χ1n) is 5.58. The quantitative estimate of drug-likeness (QED) is 0.354. The number of nitrogens with zero attached hydrogens (tertiary/aromatic N) is 1. The van der Waals surface area contributed by atoms with Crippen LogP contribution in [-0.2, 0) is 14.3 Å². The van der Waals surface area contributed by atoms with Gasteiger partial charge in [-0.2, -0.15) is 5.26 Å². The number of hydrazine groups is 1. The fraction of sp³-hybridized carbons (Fsp3) is 0.250. The highest BCUT2D eigenvalue weighted by Crippen LogP contribution is 2.22. The number of hydrogen-bond acceptors (Lipinski definition) is 8. The molecular weight excluding hydrogens is 282 g/mol. The number of nitrogens with one attached hydrogen (secondary N) is 2. The zero-order valence-corrected chi connectivity index (χ0v) is 11.7. The molecule has 0 fully saturated rings. The van der Waals surface area contributed by atoms with Gasteiger partial charge in [0.15, 0.2) is 5.57 Å². The molecule has 20 heavy (non-hydrogen) atoms. The molecule has 0 aliphatic rings. The van der Waals surface area contributed by atoms with Gasteiger partial charge < -0.3 is 14.9 Å². The van der Waals surface area contributed by atoms with Crippen LogP contribution in [0.25, 0.3) is 0 Å². The largest absolute Gasteiger partial charge is 0.465 e. The van der Waals surface area contributed by atoms with Crippen molar-refractivity contribution in [1.82, 2.24) is 5.43 Å². The molecule has 0 aliphatic heterocycles. The molecule has 0 aromatic carbocycles. The van der Waals surface area contributed by atoms with E-state index in [2.05, 4.69) is 15.6 Å². The topological polar surface area (TPSA) is 100 Å². The third kappa shape index (κ3) is 4.00. The van der Waals surface area contributed by atoms with Crippen LogP contribution < -0.4 is 10.9 Å². The molecule has 1 aromatic rings. The Kier molecular flexibility index (Phi) is 6.06. The average Bonchev–Trinajstić information content (AvgIpc) is 2.91. The molecule has 0 aliphatic carbocycles. The summed E-state index contributed by atoms with van der Waals surface area (Å²) in [7, 11) is 1.29. The van der Waals surface area contributed by atoms with Crippen molar-refractivity contribution in [3.05, 3.63) is 28.1 Å². The molecule has 0 radical (unpaired) electrons. The van der Waals surface area contributed by atoms with Gasteiger partial charge in [-0.05, 0) is 18.4 Å². The van der Waals surface area contributed by atoms with Crippen molar-refractivity contribution < 1.29 is 19.1 Å². The summed E-state index contributed by atoms with van der Waals surface area (Å²) < 4.78 is 9.31. The number of nitriles is 1. The molecule has 8 heteroatoms. The van der Waals surface area contributed by atoms with Crippen LogP contribution in [0.3, 0.4) is 0 Å². The lowest BCUT2D eigenvalue weighted by atomic mass is 10.3. The lowest BCUT2D eigenvalue weighted by Gasteiger charge is -2.06. The Balaban J connectivity index is 2.68. The van der Waals surface area contributed by atoms with Crippen LogP contribution in [0.5, 0.6) is 0 Å². The summed E-state index contributed by atoms with van der Waals surface area (Å²) in [5.41, 5.74) is 5.56. The smallest absolute Gasteiger partial charge is 0.350 e. The van der Waals surface area contributed by atoms with E-state index in [1.807, 2.05) is 0 Å². The maximum atomic E-state index is 11.4. The van der Waals surface area contributed by atoms with Gasteiger partial charge in [0.05, 0.1) is 19.4 Å². The van der Waals surface area contributed by atoms with Gasteiger partial charge in [-0.1, -0.05) is 0 Å². The highest BCUT2D eigenvalue weighted by Gasteiger charge is 2.13. The van der Waals surface area contributed by atoms with Crippen LogP contribution in [0.2, 0.25) is 0 Å². The van der Waals surface area contributed by atoms with Gasteiger partial charge in [0.1, 0.15) is 10.9 Å². The first-order chi connectivity index (χ1) is 9.63. The molecule has 0 saturated carbocycles. The predicted octanol–water partition coefficient (Wildman–Crippen LogP) is 1.42. The molecule has 2 N–H and O–H groups in total. The van der Waals surface area contributed by atoms with Crippen LogP contribution in [0.4, 0.5) is 5.69 Å². The van der Waals surface area contributed by atoms with Crippen LogP contribution in [0.1, 0.15) is 16.6 Å². The summed E-state index contributed by atoms with van der Waals surface area (Å²) in [5, 5.41) is 10.5. The second-order valence-electron chi connectivity index (χ2n) is 3.31. The fourth-order valence-electron chi connectivity index (χ4n) is 1.19. The summed E-state index contributed by atoms with van der Waals surface area (Å²) in [6.07, 6.45) is 1.16. The van der Waals surface area contributed by atoms with Gasteiger partial charge in [-0.15, -0.1) is 11.3 Å². The monoisotopic (exact) mass is 295 g/mol. The molecule has 0 saturated heterocycles. The Bertz CT molecular complexity index is 559. The summed E-state index contributed by atoms with van der Waals surface area (Å²) in [6.45, 7) is 1.83. The average molecular weight is 295 g/mol. The van der Waals surface area contributed by atoms with Crippen LogP contribution in [-0.4, -0.2) is 25.7 Å². The zero-order chi connectivity index (χ0) is 15.0. The van der Waals surface area contributed by atoms with Crippen LogP contribution in [0.15, 0.2) is 23.2 Å². The van der Waals surface area contributed by atoms with Gasteiger partial charge in [0.25, 0.3) is 0 Å². The Morgan fingerprint density at radius 3 is 2.90 bits per heavy atom. The van der Waals surface area contributed by atoms with E-state index in [1.165, 1.54) is 18.4 Å². The normalized spacial score (nSPS) is 10.3. The highest BCUT2D eigenvalue weighted by molar-refractivity contribution is 7.12. The molecule has 1 heterocycles. The molecule has 0 spiro atoms. The summed E-state index contributed by atoms with van der Waals surface area (Å²) >= 11 is 1.21. The number of methoxy groups -OCH3 is 1. The van der Waals surface area contributed by atoms with Crippen LogP contribution in [0, 0.1) is 11.3 Å². The van der Waals surface area contributed by atoms with Gasteiger partial charge >= 0.3 is 11.9 Å². The van der Waals surface area contributed by atoms with Crippen molar-refractivity contribution in [3.63, 3.8) is 0 Å². The van der Waals surface area contributed by atoms with Crippen molar-refractivity contribution in [2.75, 3.05) is 19.1 Å². The number of anilines is 1. The number of ether oxygens (including phenoxy) is 2. The first kappa shape index (κ1) is 15.5. The Labute approximate surface area is 119 Å². The Morgan fingerprint density at radius 2 is 2.30 bits per heavy atom. The van der Waals surface area contributed by atoms with Gasteiger partial charge in [0.2, 0.25) is 0 Å². The Morgan fingerprint density at radius 1 is 1.55 bits per heavy atom. The van der Waals surface area contributed by atoms with E-state index >= 15 is 0 Å². The number of hydrogen-bond donors (Lipinski definition) is 2. The molecule has 1 aromatic heterocycles. The van der Waals surface area contributed by atoms with Crippen molar-refractivity contribution >= 4 is 29.0 Å². The summed E-state index contributed by atoms with van der Waals surface area (Å²) in [4.78, 5) is 23.1. The lowest BCUT2D eigenvalue weighted by Crippen LogP contribution is -2.19. The van der Waals surface area contributed by atoms with E-state index in [-0.39, 0.29) is 12.2 Å². The van der Waals surface area contributed by atoms with E-state index in [0.29, 0.717) is 10.6 Å². The summed E-state index contributed by atoms with van der Waals surface area (Å²) in [6, 6.07) is 3.37. The summed E-state index contributed by atoms with van der Waals surface area (Å²) in [5.74, 6) is -1.19. The standard InChI is InChI=1S/C12H13N3O4S/c1-3-19-11(16)8(6-13)7-14-15-9-4-5-20-10(9)12(17)18-2/h4-5,7,14-15H,3H2,1-2H3/b8-7-. The first-order valence-corrected chi connectivity index (χ1v) is 6.46. The van der Waals surface area contributed by atoms with Crippen molar-refractivity contribution in [1.29, 1.82) is 5.26 Å². The second kappa shape index (κ2) is 7.81. The van der Waals surface area contributed by atoms with E-state index in [9.17, 15) is 9.59 Å². The maximum Gasteiger partial charge on any atom is 0.350 e. The van der Waals surface area contributed by atoms with Crippen molar-refractivity contribution in [3.8, 4) is 6.07 Å². The number of carbonyl (C=O) groups excluding carboxylic acids is 2. The van der Waals surface area contributed by atoms with Gasteiger partial charge in [-0.25, -0.2) is 9.59 Å². The molecule has 106 valence electrons. The number of esters is 2. The minimum Gasteiger partial charge on any atom is -0.465 e. The van der Waals surface area contributed by atoms with Crippen molar-refractivity contribution in [2.45, 2.75) is 6.92 Å². The SMILES string of the molecule is CCOC(=O)/C(C#N)=C\NNc1ccsc1C(=O)OC. The third-order valence-corrected chi connectivity index (χ3v) is 2.97. The molecule has 0 bridgehead atoms. The van der Waals surface area contributed by atoms with E-state index < -0.39 is 11.9 Å². The lowest BCUT2D eigenvalue weighted by molar-refractivity contribution is -0.138. The van der Waals surface area contributed by atoms with Gasteiger partial charge in [-0.3, -0.25) is 5.43 Å². The predicted molar refractivity (Wildman–Crippen MR) is 72.7 cm³/mol. The molecule has 0 amide bonds. The molecule has 0 atom stereocenters. The van der Waals surface area contributed by atoms with Gasteiger partial charge in [0, 0.05) is 6.20 Å². The fourth-order valence-corrected chi connectivity index (χ4v) is 1.96. The second-order valence-corrected chi connectivity index (χ2v) is 4.23. The minimum atomic E-state index is -0.720. The van der Waals surface area contributed by atoms with E-state index in [0.717, 1.165) is 6.20 Å². The molecular formula is C12H13N3O4S. The maximum absolute atomic E-state index is 11.4. The molecule has 1 rings (SSSR count).